The van der Waals surface area contributed by atoms with Gasteiger partial charge in [0.2, 0.25) is 0 Å². The molecule has 4 aromatic heterocycles. The third-order valence-corrected chi connectivity index (χ3v) is 4.89. The molecule has 0 fully saturated rings. The van der Waals surface area contributed by atoms with E-state index in [-0.39, 0.29) is 5.56 Å². The van der Waals surface area contributed by atoms with Gasteiger partial charge in [0.25, 0.3) is 5.56 Å². The van der Waals surface area contributed by atoms with Crippen LogP contribution in [0.25, 0.3) is 32.4 Å². The Bertz CT molecular complexity index is 979. The quantitative estimate of drug-likeness (QED) is 0.612. The maximum atomic E-state index is 12.4. The first-order valence-corrected chi connectivity index (χ1v) is 7.96. The van der Waals surface area contributed by atoms with Crippen molar-refractivity contribution in [1.29, 1.82) is 0 Å². The average Bonchev–Trinajstić information content (AvgIpc) is 3.16. The van der Waals surface area contributed by atoms with Crippen LogP contribution in [0.2, 0.25) is 0 Å². The van der Waals surface area contributed by atoms with Crippen molar-refractivity contribution in [2.24, 2.45) is 0 Å². The van der Waals surface area contributed by atoms with E-state index < -0.39 is 0 Å². The lowest BCUT2D eigenvalue weighted by Gasteiger charge is -1.97. The lowest BCUT2D eigenvalue weighted by Crippen LogP contribution is -2.08. The average molecular weight is 315 g/mol. The summed E-state index contributed by atoms with van der Waals surface area (Å²) >= 11 is 2.89. The predicted octanol–water partition coefficient (Wildman–Crippen LogP) is 3.68. The van der Waals surface area contributed by atoms with Gasteiger partial charge < -0.3 is 9.40 Å². The summed E-state index contributed by atoms with van der Waals surface area (Å²) in [6.45, 7) is 1.91. The molecule has 0 unspecified atom stereocenters. The van der Waals surface area contributed by atoms with Crippen LogP contribution in [-0.4, -0.2) is 15.0 Å². The van der Waals surface area contributed by atoms with Gasteiger partial charge in [-0.25, -0.2) is 9.97 Å². The molecule has 0 saturated heterocycles. The first-order valence-electron chi connectivity index (χ1n) is 6.20. The highest BCUT2D eigenvalue weighted by Gasteiger charge is 2.16. The first-order chi connectivity index (χ1) is 10.2. The van der Waals surface area contributed by atoms with Crippen LogP contribution in [0, 0.1) is 6.92 Å². The van der Waals surface area contributed by atoms with E-state index in [0.29, 0.717) is 21.8 Å². The minimum atomic E-state index is -0.171. The molecule has 5 nitrogen and oxygen atoms in total. The molecule has 4 aromatic rings. The number of furan rings is 1. The van der Waals surface area contributed by atoms with Crippen LogP contribution >= 0.6 is 22.7 Å². The van der Waals surface area contributed by atoms with Gasteiger partial charge in [-0.1, -0.05) is 0 Å². The van der Waals surface area contributed by atoms with Crippen molar-refractivity contribution in [3.63, 3.8) is 0 Å². The van der Waals surface area contributed by atoms with Gasteiger partial charge >= 0.3 is 0 Å². The minimum absolute atomic E-state index is 0.171. The van der Waals surface area contributed by atoms with Crippen LogP contribution in [0.5, 0.6) is 0 Å². The summed E-state index contributed by atoms with van der Waals surface area (Å²) in [5.41, 5.74) is 1.52. The lowest BCUT2D eigenvalue weighted by atomic mass is 10.2. The van der Waals surface area contributed by atoms with E-state index in [1.54, 1.807) is 12.3 Å². The molecular formula is C14H9N3O2S2. The van der Waals surface area contributed by atoms with Crippen molar-refractivity contribution in [2.45, 2.75) is 6.92 Å². The Morgan fingerprint density at radius 3 is 2.86 bits per heavy atom. The fourth-order valence-corrected chi connectivity index (χ4v) is 3.79. The van der Waals surface area contributed by atoms with Gasteiger partial charge in [-0.15, -0.1) is 22.7 Å². The Balaban J connectivity index is 1.95. The number of H-pyrrole nitrogens is 1. The van der Waals surface area contributed by atoms with Crippen molar-refractivity contribution in [1.82, 2.24) is 15.0 Å². The number of rotatable bonds is 2. The zero-order valence-corrected chi connectivity index (χ0v) is 12.5. The Morgan fingerprint density at radius 1 is 1.24 bits per heavy atom. The van der Waals surface area contributed by atoms with Crippen molar-refractivity contribution >= 4 is 32.9 Å². The fraction of sp³-hybridized carbons (Fsp3) is 0.0714. The van der Waals surface area contributed by atoms with Crippen molar-refractivity contribution < 1.29 is 4.42 Å². The molecule has 21 heavy (non-hydrogen) atoms. The molecule has 0 amide bonds. The van der Waals surface area contributed by atoms with Gasteiger partial charge in [-0.2, -0.15) is 0 Å². The topological polar surface area (TPSA) is 71.8 Å². The summed E-state index contributed by atoms with van der Waals surface area (Å²) in [5.74, 6) is 1.19. The van der Waals surface area contributed by atoms with E-state index in [0.717, 1.165) is 16.3 Å². The van der Waals surface area contributed by atoms with Gasteiger partial charge in [-0.3, -0.25) is 4.79 Å². The number of thiophene rings is 1. The van der Waals surface area contributed by atoms with Gasteiger partial charge in [0, 0.05) is 22.0 Å². The summed E-state index contributed by atoms with van der Waals surface area (Å²) in [5, 5.41) is 5.11. The fourth-order valence-electron chi connectivity index (χ4n) is 2.13. The highest BCUT2D eigenvalue weighted by Crippen LogP contribution is 2.32. The summed E-state index contributed by atoms with van der Waals surface area (Å²) < 4.78 is 5.38. The van der Waals surface area contributed by atoms with Gasteiger partial charge in [0.1, 0.15) is 10.6 Å². The molecule has 0 spiro atoms. The molecule has 0 radical (unpaired) electrons. The van der Waals surface area contributed by atoms with E-state index in [2.05, 4.69) is 15.0 Å². The number of nitrogens with zero attached hydrogens (tertiary/aromatic N) is 2. The SMILES string of the molecule is Cc1csc(-c2nc3scc(-c4ccco4)c3c(=O)[nH]2)n1. The van der Waals surface area contributed by atoms with Crippen LogP contribution < -0.4 is 5.56 Å². The number of aromatic nitrogens is 3. The number of aryl methyl sites for hydroxylation is 1. The van der Waals surface area contributed by atoms with Crippen molar-refractivity contribution in [2.75, 3.05) is 0 Å². The molecule has 1 N–H and O–H groups in total. The molecular weight excluding hydrogens is 306 g/mol. The van der Waals surface area contributed by atoms with E-state index in [1.807, 2.05) is 23.8 Å². The highest BCUT2D eigenvalue weighted by atomic mass is 32.1. The Hall–Kier alpha value is -2.25. The van der Waals surface area contributed by atoms with Crippen LogP contribution in [0.4, 0.5) is 0 Å². The standard InChI is InChI=1S/C14H9N3O2S2/c1-7-5-20-14(15-7)11-16-12(18)10-8(6-21-13(10)17-11)9-3-2-4-19-9/h2-6H,1H3,(H,16,17,18). The maximum Gasteiger partial charge on any atom is 0.260 e. The highest BCUT2D eigenvalue weighted by molar-refractivity contribution is 7.17. The van der Waals surface area contributed by atoms with E-state index in [4.69, 9.17) is 4.42 Å². The molecule has 4 rings (SSSR count). The third-order valence-electron chi connectivity index (χ3n) is 3.05. The van der Waals surface area contributed by atoms with E-state index >= 15 is 0 Å². The lowest BCUT2D eigenvalue weighted by molar-refractivity contribution is 0.583. The van der Waals surface area contributed by atoms with Gasteiger partial charge in [0.15, 0.2) is 10.8 Å². The van der Waals surface area contributed by atoms with Crippen molar-refractivity contribution in [3.8, 4) is 22.2 Å². The summed E-state index contributed by atoms with van der Waals surface area (Å²) in [4.78, 5) is 24.8. The zero-order chi connectivity index (χ0) is 14.4. The first kappa shape index (κ1) is 12.5. The Kier molecular flexibility index (Phi) is 2.76. The van der Waals surface area contributed by atoms with Crippen LogP contribution in [0.15, 0.2) is 38.4 Å². The second kappa shape index (κ2) is 4.64. The molecule has 0 bridgehead atoms. The Labute approximate surface area is 126 Å². The van der Waals surface area contributed by atoms with Crippen molar-refractivity contribution in [3.05, 3.63) is 45.2 Å². The van der Waals surface area contributed by atoms with Crippen LogP contribution in [0.3, 0.4) is 0 Å². The van der Waals surface area contributed by atoms with E-state index in [1.165, 1.54) is 22.7 Å². The molecule has 4 heterocycles. The number of hydrogen-bond acceptors (Lipinski definition) is 6. The molecule has 0 atom stereocenters. The molecule has 0 aliphatic rings. The minimum Gasteiger partial charge on any atom is -0.464 e. The number of hydrogen-bond donors (Lipinski definition) is 1. The summed E-state index contributed by atoms with van der Waals surface area (Å²) in [6, 6.07) is 3.63. The second-order valence-corrected chi connectivity index (χ2v) is 6.23. The molecule has 0 aromatic carbocycles. The van der Waals surface area contributed by atoms with Gasteiger partial charge in [-0.05, 0) is 19.1 Å². The van der Waals surface area contributed by atoms with Gasteiger partial charge in [0.05, 0.1) is 11.6 Å². The molecule has 7 heteroatoms. The smallest absolute Gasteiger partial charge is 0.260 e. The zero-order valence-electron chi connectivity index (χ0n) is 10.9. The summed E-state index contributed by atoms with van der Waals surface area (Å²) in [7, 11) is 0. The number of fused-ring (bicyclic) bond motifs is 1. The monoisotopic (exact) mass is 315 g/mol. The number of thiazole rings is 1. The molecule has 0 aliphatic heterocycles. The molecule has 0 aliphatic carbocycles. The molecule has 104 valence electrons. The molecule has 0 saturated carbocycles. The van der Waals surface area contributed by atoms with E-state index in [9.17, 15) is 4.79 Å². The van der Waals surface area contributed by atoms with Crippen LogP contribution in [-0.2, 0) is 0 Å². The predicted molar refractivity (Wildman–Crippen MR) is 83.8 cm³/mol. The summed E-state index contributed by atoms with van der Waals surface area (Å²) in [6.07, 6.45) is 1.59. The Morgan fingerprint density at radius 2 is 2.14 bits per heavy atom. The second-order valence-electron chi connectivity index (χ2n) is 4.52. The number of nitrogens with one attached hydrogen (secondary N) is 1. The third kappa shape index (κ3) is 2.01. The largest absolute Gasteiger partial charge is 0.464 e. The number of aromatic amines is 1. The maximum absolute atomic E-state index is 12.4. The van der Waals surface area contributed by atoms with Crippen LogP contribution in [0.1, 0.15) is 5.69 Å². The normalized spacial score (nSPS) is 11.3.